The molecule has 0 aliphatic carbocycles. The topological polar surface area (TPSA) is 72.5 Å². The Balaban J connectivity index is 2.04. The zero-order valence-corrected chi connectivity index (χ0v) is 15.8. The number of esters is 1. The zero-order chi connectivity index (χ0) is 20.1. The SMILES string of the molecule is CC(C)C(=O)Nc1ccc(C(=O)[C@H](C)OC(=O)c2ccc(Cl)cc2F)cc1. The molecule has 0 aliphatic heterocycles. The Morgan fingerprint density at radius 1 is 1.04 bits per heavy atom. The number of carbonyl (C=O) groups is 3. The van der Waals surface area contributed by atoms with Crippen LogP contribution >= 0.6 is 11.6 Å². The molecule has 0 radical (unpaired) electrons. The maximum atomic E-state index is 13.8. The highest BCUT2D eigenvalue weighted by atomic mass is 35.5. The average Bonchev–Trinajstić information content (AvgIpc) is 2.61. The van der Waals surface area contributed by atoms with Gasteiger partial charge in [-0.2, -0.15) is 0 Å². The molecule has 0 unspecified atom stereocenters. The molecule has 0 aliphatic rings. The van der Waals surface area contributed by atoms with Crippen molar-refractivity contribution in [3.8, 4) is 0 Å². The van der Waals surface area contributed by atoms with E-state index in [0.29, 0.717) is 11.3 Å². The van der Waals surface area contributed by atoms with Crippen LogP contribution in [0.4, 0.5) is 10.1 Å². The fourth-order valence-electron chi connectivity index (χ4n) is 2.17. The van der Waals surface area contributed by atoms with Crippen molar-refractivity contribution < 1.29 is 23.5 Å². The molecular weight excluding hydrogens is 373 g/mol. The Hall–Kier alpha value is -2.73. The standard InChI is InChI=1S/C20H19ClFNO4/c1-11(2)19(25)23-15-7-4-13(5-8-15)18(24)12(3)27-20(26)16-9-6-14(21)10-17(16)22/h4-12H,1-3H3,(H,23,25)/t12-/m0/s1. The number of rotatable bonds is 6. The number of anilines is 1. The van der Waals surface area contributed by atoms with Gasteiger partial charge in [0.25, 0.3) is 0 Å². The van der Waals surface area contributed by atoms with Crippen LogP contribution in [0.15, 0.2) is 42.5 Å². The molecule has 1 amide bonds. The van der Waals surface area contributed by atoms with E-state index in [1.54, 1.807) is 26.0 Å². The van der Waals surface area contributed by atoms with Crippen LogP contribution in [0.25, 0.3) is 0 Å². The molecule has 0 aromatic heterocycles. The molecule has 1 atom stereocenters. The summed E-state index contributed by atoms with van der Waals surface area (Å²) in [5.74, 6) is -2.52. The van der Waals surface area contributed by atoms with Gasteiger partial charge in [0.15, 0.2) is 6.10 Å². The fraction of sp³-hybridized carbons (Fsp3) is 0.250. The van der Waals surface area contributed by atoms with E-state index in [9.17, 15) is 18.8 Å². The third-order valence-corrected chi connectivity index (χ3v) is 4.00. The van der Waals surface area contributed by atoms with Crippen molar-refractivity contribution in [1.29, 1.82) is 0 Å². The van der Waals surface area contributed by atoms with Crippen LogP contribution in [0, 0.1) is 11.7 Å². The van der Waals surface area contributed by atoms with Gasteiger partial charge in [-0.25, -0.2) is 9.18 Å². The van der Waals surface area contributed by atoms with Gasteiger partial charge in [-0.3, -0.25) is 9.59 Å². The predicted octanol–water partition coefficient (Wildman–Crippen LogP) is 4.50. The van der Waals surface area contributed by atoms with Crippen molar-refractivity contribution in [3.63, 3.8) is 0 Å². The van der Waals surface area contributed by atoms with Crippen LogP contribution in [0.1, 0.15) is 41.5 Å². The van der Waals surface area contributed by atoms with Crippen molar-refractivity contribution in [2.45, 2.75) is 26.9 Å². The first-order chi connectivity index (χ1) is 12.7. The number of benzene rings is 2. The van der Waals surface area contributed by atoms with Gasteiger partial charge in [-0.05, 0) is 49.4 Å². The summed E-state index contributed by atoms with van der Waals surface area (Å²) in [5.41, 5.74) is 0.554. The maximum Gasteiger partial charge on any atom is 0.341 e. The molecular formula is C20H19ClFNO4. The number of hydrogen-bond donors (Lipinski definition) is 1. The molecule has 1 N–H and O–H groups in total. The monoisotopic (exact) mass is 391 g/mol. The smallest absolute Gasteiger partial charge is 0.341 e. The molecule has 142 valence electrons. The molecule has 0 fully saturated rings. The third kappa shape index (κ3) is 5.37. The van der Waals surface area contributed by atoms with Crippen LogP contribution in [0.2, 0.25) is 5.02 Å². The van der Waals surface area contributed by atoms with Crippen LogP contribution in [-0.2, 0) is 9.53 Å². The van der Waals surface area contributed by atoms with Gasteiger partial charge in [0, 0.05) is 22.2 Å². The van der Waals surface area contributed by atoms with Crippen molar-refractivity contribution in [2.75, 3.05) is 5.32 Å². The molecule has 27 heavy (non-hydrogen) atoms. The molecule has 2 aromatic rings. The number of amides is 1. The molecule has 0 saturated carbocycles. The number of nitrogens with one attached hydrogen (secondary N) is 1. The summed E-state index contributed by atoms with van der Waals surface area (Å²) in [5, 5.41) is 2.86. The molecule has 0 saturated heterocycles. The summed E-state index contributed by atoms with van der Waals surface area (Å²) in [6, 6.07) is 9.76. The van der Waals surface area contributed by atoms with Gasteiger partial charge >= 0.3 is 5.97 Å². The van der Waals surface area contributed by atoms with Crippen LogP contribution in [-0.4, -0.2) is 23.8 Å². The van der Waals surface area contributed by atoms with Crippen molar-refractivity contribution in [2.24, 2.45) is 5.92 Å². The number of halogens is 2. The maximum absolute atomic E-state index is 13.8. The molecule has 0 bridgehead atoms. The second kappa shape index (κ2) is 8.77. The number of Topliss-reactive ketones (excluding diaryl/α,β-unsaturated/α-hetero) is 1. The Bertz CT molecular complexity index is 865. The first-order valence-electron chi connectivity index (χ1n) is 8.30. The van der Waals surface area contributed by atoms with Gasteiger partial charge in [0.2, 0.25) is 11.7 Å². The van der Waals surface area contributed by atoms with E-state index in [1.807, 2.05) is 0 Å². The third-order valence-electron chi connectivity index (χ3n) is 3.77. The van der Waals surface area contributed by atoms with E-state index >= 15 is 0 Å². The molecule has 0 heterocycles. The number of ketones is 1. The van der Waals surface area contributed by atoms with Crippen LogP contribution < -0.4 is 5.32 Å². The van der Waals surface area contributed by atoms with Gasteiger partial charge < -0.3 is 10.1 Å². The van der Waals surface area contributed by atoms with Gasteiger partial charge in [0.1, 0.15) is 5.82 Å². The van der Waals surface area contributed by atoms with Crippen molar-refractivity contribution in [3.05, 3.63) is 64.4 Å². The summed E-state index contributed by atoms with van der Waals surface area (Å²) >= 11 is 5.65. The number of hydrogen-bond acceptors (Lipinski definition) is 4. The quantitative estimate of drug-likeness (QED) is 0.581. The minimum atomic E-state index is -1.11. The summed E-state index contributed by atoms with van der Waals surface area (Å²) in [6.07, 6.45) is -1.11. The molecule has 2 rings (SSSR count). The number of ether oxygens (including phenoxy) is 1. The van der Waals surface area contributed by atoms with E-state index in [-0.39, 0.29) is 22.4 Å². The minimum Gasteiger partial charge on any atom is -0.451 e. The minimum absolute atomic E-state index is 0.138. The summed E-state index contributed by atoms with van der Waals surface area (Å²) in [7, 11) is 0. The zero-order valence-electron chi connectivity index (χ0n) is 15.1. The second-order valence-corrected chi connectivity index (χ2v) is 6.69. The molecule has 0 spiro atoms. The lowest BCUT2D eigenvalue weighted by Gasteiger charge is -2.13. The Morgan fingerprint density at radius 2 is 1.67 bits per heavy atom. The van der Waals surface area contributed by atoms with Crippen LogP contribution in [0.3, 0.4) is 0 Å². The molecule has 2 aromatic carbocycles. The Kier molecular flexibility index (Phi) is 6.69. The summed E-state index contributed by atoms with van der Waals surface area (Å²) in [4.78, 5) is 36.1. The van der Waals surface area contributed by atoms with Crippen molar-refractivity contribution in [1.82, 2.24) is 0 Å². The largest absolute Gasteiger partial charge is 0.451 e. The fourth-order valence-corrected chi connectivity index (χ4v) is 2.33. The lowest BCUT2D eigenvalue weighted by Crippen LogP contribution is -2.25. The first-order valence-corrected chi connectivity index (χ1v) is 8.68. The first kappa shape index (κ1) is 20.6. The molecule has 7 heteroatoms. The molecule has 5 nitrogen and oxygen atoms in total. The highest BCUT2D eigenvalue weighted by molar-refractivity contribution is 6.30. The van der Waals surface area contributed by atoms with E-state index in [1.165, 1.54) is 31.2 Å². The Morgan fingerprint density at radius 3 is 2.22 bits per heavy atom. The highest BCUT2D eigenvalue weighted by Gasteiger charge is 2.22. The Labute approximate surface area is 161 Å². The summed E-state index contributed by atoms with van der Waals surface area (Å²) < 4.78 is 18.8. The van der Waals surface area contributed by atoms with E-state index in [4.69, 9.17) is 16.3 Å². The van der Waals surface area contributed by atoms with Gasteiger partial charge in [0.05, 0.1) is 5.56 Å². The van der Waals surface area contributed by atoms with E-state index < -0.39 is 23.7 Å². The number of carbonyl (C=O) groups excluding carboxylic acids is 3. The van der Waals surface area contributed by atoms with Crippen molar-refractivity contribution >= 4 is 34.9 Å². The van der Waals surface area contributed by atoms with Gasteiger partial charge in [-0.1, -0.05) is 25.4 Å². The lowest BCUT2D eigenvalue weighted by molar-refractivity contribution is -0.118. The highest BCUT2D eigenvalue weighted by Crippen LogP contribution is 2.18. The van der Waals surface area contributed by atoms with E-state index in [0.717, 1.165) is 6.07 Å². The van der Waals surface area contributed by atoms with E-state index in [2.05, 4.69) is 5.32 Å². The normalized spacial score (nSPS) is 11.8. The average molecular weight is 392 g/mol. The summed E-state index contributed by atoms with van der Waals surface area (Å²) in [6.45, 7) is 4.95. The predicted molar refractivity (Wildman–Crippen MR) is 101 cm³/mol. The van der Waals surface area contributed by atoms with Gasteiger partial charge in [-0.15, -0.1) is 0 Å². The second-order valence-electron chi connectivity index (χ2n) is 6.26. The lowest BCUT2D eigenvalue weighted by atomic mass is 10.1. The van der Waals surface area contributed by atoms with Crippen LogP contribution in [0.5, 0.6) is 0 Å².